The van der Waals surface area contributed by atoms with Gasteiger partial charge < -0.3 is 9.84 Å². The van der Waals surface area contributed by atoms with Gasteiger partial charge in [0.25, 0.3) is 0 Å². The molecule has 1 aromatic heterocycles. The first-order valence-corrected chi connectivity index (χ1v) is 6.88. The van der Waals surface area contributed by atoms with Crippen molar-refractivity contribution in [2.75, 3.05) is 7.11 Å². The molecule has 0 radical (unpaired) electrons. The number of hydrogen-bond acceptors (Lipinski definition) is 3. The first-order chi connectivity index (χ1) is 10.3. The number of aromatic nitrogens is 1. The molecule has 0 aliphatic heterocycles. The zero-order valence-electron chi connectivity index (χ0n) is 11.9. The van der Waals surface area contributed by atoms with Crippen molar-refractivity contribution in [2.45, 2.75) is 12.7 Å². The molecule has 1 atom stereocenters. The molecule has 21 heavy (non-hydrogen) atoms. The highest BCUT2D eigenvalue weighted by Crippen LogP contribution is 2.25. The van der Waals surface area contributed by atoms with E-state index in [0.717, 1.165) is 27.6 Å². The van der Waals surface area contributed by atoms with E-state index in [1.54, 1.807) is 13.3 Å². The van der Waals surface area contributed by atoms with Crippen LogP contribution >= 0.6 is 0 Å². The van der Waals surface area contributed by atoms with Crippen molar-refractivity contribution in [3.8, 4) is 0 Å². The normalized spacial score (nSPS) is 12.5. The van der Waals surface area contributed by atoms with Crippen LogP contribution < -0.4 is 0 Å². The number of benzene rings is 2. The van der Waals surface area contributed by atoms with Crippen LogP contribution in [0.1, 0.15) is 22.8 Å². The Kier molecular flexibility index (Phi) is 3.95. The standard InChI is InChI=1S/C18H17NO2/c1-21-12-13-4-2-5-15(10-13)18(20)16-8-7-14-6-3-9-19-17(14)11-16/h2-11,18,20H,12H2,1H3. The van der Waals surface area contributed by atoms with Gasteiger partial charge >= 0.3 is 0 Å². The number of ether oxygens (including phenoxy) is 1. The molecule has 0 saturated heterocycles. The molecule has 0 fully saturated rings. The fourth-order valence-electron chi connectivity index (χ4n) is 2.47. The maximum atomic E-state index is 10.6. The van der Waals surface area contributed by atoms with Crippen LogP contribution in [0.5, 0.6) is 0 Å². The Hall–Kier alpha value is -2.23. The highest BCUT2D eigenvalue weighted by atomic mass is 16.5. The molecule has 1 unspecified atom stereocenters. The van der Waals surface area contributed by atoms with Crippen molar-refractivity contribution in [3.63, 3.8) is 0 Å². The summed E-state index contributed by atoms with van der Waals surface area (Å²) in [5.41, 5.74) is 3.64. The van der Waals surface area contributed by atoms with Crippen molar-refractivity contribution < 1.29 is 9.84 Å². The Bertz CT molecular complexity index is 755. The summed E-state index contributed by atoms with van der Waals surface area (Å²) >= 11 is 0. The molecule has 106 valence electrons. The first kappa shape index (κ1) is 13.7. The first-order valence-electron chi connectivity index (χ1n) is 6.88. The zero-order valence-corrected chi connectivity index (χ0v) is 11.9. The third kappa shape index (κ3) is 2.94. The Balaban J connectivity index is 1.95. The summed E-state index contributed by atoms with van der Waals surface area (Å²) in [5.74, 6) is 0. The summed E-state index contributed by atoms with van der Waals surface area (Å²) in [6.07, 6.45) is 1.10. The third-order valence-electron chi connectivity index (χ3n) is 3.52. The number of pyridine rings is 1. The van der Waals surface area contributed by atoms with Crippen LogP contribution in [0.2, 0.25) is 0 Å². The molecule has 0 bridgehead atoms. The molecule has 3 heteroatoms. The summed E-state index contributed by atoms with van der Waals surface area (Å²) in [6, 6.07) is 17.6. The highest BCUT2D eigenvalue weighted by Gasteiger charge is 2.11. The third-order valence-corrected chi connectivity index (χ3v) is 3.52. The highest BCUT2D eigenvalue weighted by molar-refractivity contribution is 5.79. The molecule has 1 N–H and O–H groups in total. The van der Waals surface area contributed by atoms with E-state index >= 15 is 0 Å². The van der Waals surface area contributed by atoms with Gasteiger partial charge in [-0.1, -0.05) is 42.5 Å². The van der Waals surface area contributed by atoms with Crippen LogP contribution in [0.3, 0.4) is 0 Å². The lowest BCUT2D eigenvalue weighted by molar-refractivity contribution is 0.184. The van der Waals surface area contributed by atoms with Gasteiger partial charge in [0.05, 0.1) is 12.1 Å². The Morgan fingerprint density at radius 1 is 1.05 bits per heavy atom. The van der Waals surface area contributed by atoms with E-state index in [0.29, 0.717) is 6.61 Å². The Morgan fingerprint density at radius 3 is 2.76 bits per heavy atom. The SMILES string of the molecule is COCc1cccc(C(O)c2ccc3cccnc3c2)c1. The summed E-state index contributed by atoms with van der Waals surface area (Å²) in [5, 5.41) is 11.6. The molecule has 0 spiro atoms. The minimum atomic E-state index is -0.659. The number of methoxy groups -OCH3 is 1. The fourth-order valence-corrected chi connectivity index (χ4v) is 2.47. The quantitative estimate of drug-likeness (QED) is 0.795. The molecule has 0 amide bonds. The summed E-state index contributed by atoms with van der Waals surface area (Å²) < 4.78 is 5.13. The Morgan fingerprint density at radius 2 is 1.90 bits per heavy atom. The van der Waals surface area contributed by atoms with Gasteiger partial charge in [-0.15, -0.1) is 0 Å². The van der Waals surface area contributed by atoms with Gasteiger partial charge in [-0.3, -0.25) is 4.98 Å². The second-order valence-electron chi connectivity index (χ2n) is 5.04. The van der Waals surface area contributed by atoms with Crippen molar-refractivity contribution in [1.29, 1.82) is 0 Å². The largest absolute Gasteiger partial charge is 0.384 e. The maximum absolute atomic E-state index is 10.6. The molecule has 1 heterocycles. The van der Waals surface area contributed by atoms with Gasteiger partial charge in [0.1, 0.15) is 6.10 Å². The number of nitrogens with zero attached hydrogens (tertiary/aromatic N) is 1. The summed E-state index contributed by atoms with van der Waals surface area (Å²) in [7, 11) is 1.66. The van der Waals surface area contributed by atoms with Crippen molar-refractivity contribution >= 4 is 10.9 Å². The van der Waals surface area contributed by atoms with E-state index < -0.39 is 6.10 Å². The van der Waals surface area contributed by atoms with Gasteiger partial charge in [-0.25, -0.2) is 0 Å². The second-order valence-corrected chi connectivity index (χ2v) is 5.04. The molecular weight excluding hydrogens is 262 g/mol. The zero-order chi connectivity index (χ0) is 14.7. The molecule has 3 rings (SSSR count). The molecule has 0 aliphatic carbocycles. The number of aliphatic hydroxyl groups is 1. The fraction of sp³-hybridized carbons (Fsp3) is 0.167. The molecule has 0 aliphatic rings. The summed E-state index contributed by atoms with van der Waals surface area (Å²) in [6.45, 7) is 0.542. The topological polar surface area (TPSA) is 42.4 Å². The van der Waals surface area contributed by atoms with E-state index in [1.807, 2.05) is 54.6 Å². The molecule has 0 saturated carbocycles. The lowest BCUT2D eigenvalue weighted by Gasteiger charge is -2.13. The van der Waals surface area contributed by atoms with Gasteiger partial charge in [0, 0.05) is 18.7 Å². The predicted octanol–water partition coefficient (Wildman–Crippen LogP) is 3.46. The van der Waals surface area contributed by atoms with Crippen LogP contribution in [-0.2, 0) is 11.3 Å². The van der Waals surface area contributed by atoms with E-state index in [2.05, 4.69) is 4.98 Å². The predicted molar refractivity (Wildman–Crippen MR) is 83.0 cm³/mol. The summed E-state index contributed by atoms with van der Waals surface area (Å²) in [4.78, 5) is 4.33. The van der Waals surface area contributed by atoms with E-state index in [4.69, 9.17) is 4.74 Å². The smallest absolute Gasteiger partial charge is 0.104 e. The lowest BCUT2D eigenvalue weighted by Crippen LogP contribution is -2.01. The minimum absolute atomic E-state index is 0.542. The van der Waals surface area contributed by atoms with Crippen LogP contribution in [0, 0.1) is 0 Å². The monoisotopic (exact) mass is 279 g/mol. The van der Waals surface area contributed by atoms with Gasteiger partial charge in [-0.2, -0.15) is 0 Å². The molecular formula is C18H17NO2. The van der Waals surface area contributed by atoms with E-state index in [-0.39, 0.29) is 0 Å². The van der Waals surface area contributed by atoms with Crippen molar-refractivity contribution in [3.05, 3.63) is 77.5 Å². The van der Waals surface area contributed by atoms with Crippen molar-refractivity contribution in [2.24, 2.45) is 0 Å². The number of fused-ring (bicyclic) bond motifs is 1. The number of hydrogen-bond donors (Lipinski definition) is 1. The minimum Gasteiger partial charge on any atom is -0.384 e. The van der Waals surface area contributed by atoms with Gasteiger partial charge in [-0.05, 0) is 28.8 Å². The van der Waals surface area contributed by atoms with Crippen LogP contribution in [0.15, 0.2) is 60.8 Å². The molecule has 3 nitrogen and oxygen atoms in total. The molecule has 2 aromatic carbocycles. The lowest BCUT2D eigenvalue weighted by atomic mass is 9.99. The number of aliphatic hydroxyl groups excluding tert-OH is 1. The molecule has 3 aromatic rings. The van der Waals surface area contributed by atoms with Gasteiger partial charge in [0.15, 0.2) is 0 Å². The second kappa shape index (κ2) is 6.04. The van der Waals surface area contributed by atoms with Crippen LogP contribution in [0.25, 0.3) is 10.9 Å². The van der Waals surface area contributed by atoms with Crippen molar-refractivity contribution in [1.82, 2.24) is 4.98 Å². The van der Waals surface area contributed by atoms with Crippen LogP contribution in [-0.4, -0.2) is 17.2 Å². The van der Waals surface area contributed by atoms with E-state index in [9.17, 15) is 5.11 Å². The van der Waals surface area contributed by atoms with Gasteiger partial charge in [0.2, 0.25) is 0 Å². The van der Waals surface area contributed by atoms with E-state index in [1.165, 1.54) is 0 Å². The Labute approximate surface area is 123 Å². The maximum Gasteiger partial charge on any atom is 0.104 e. The average molecular weight is 279 g/mol. The van der Waals surface area contributed by atoms with Crippen LogP contribution in [0.4, 0.5) is 0 Å². The number of rotatable bonds is 4. The average Bonchev–Trinajstić information content (AvgIpc) is 2.54.